The fraction of sp³-hybridized carbons (Fsp3) is 0.750. The first kappa shape index (κ1) is 20.4. The van der Waals surface area contributed by atoms with E-state index < -0.39 is 0 Å². The standard InChI is InChI=1S/C24H37NO2/c26-25(27)24-19-22-11-7-2-1-5-9-20-13-15-21(16-14-20)10-6-3-4-8-12-23(24)18-17-22/h17-21H,1-16H2. The minimum atomic E-state index is -0.179. The minimum absolute atomic E-state index is 0.179. The van der Waals surface area contributed by atoms with Crippen LogP contribution in [0.15, 0.2) is 18.2 Å². The predicted molar refractivity (Wildman–Crippen MR) is 112 cm³/mol. The van der Waals surface area contributed by atoms with Crippen molar-refractivity contribution in [2.45, 2.75) is 103 Å². The van der Waals surface area contributed by atoms with Crippen LogP contribution >= 0.6 is 0 Å². The molecule has 0 aliphatic heterocycles. The summed E-state index contributed by atoms with van der Waals surface area (Å²) in [6.45, 7) is 0. The summed E-state index contributed by atoms with van der Waals surface area (Å²) in [5.74, 6) is 1.96. The fourth-order valence-electron chi connectivity index (χ4n) is 5.17. The Kier molecular flexibility index (Phi) is 8.16. The first-order valence-electron chi connectivity index (χ1n) is 11.5. The van der Waals surface area contributed by atoms with Gasteiger partial charge >= 0.3 is 0 Å². The Labute approximate surface area is 165 Å². The van der Waals surface area contributed by atoms with Crippen LogP contribution in [0.25, 0.3) is 0 Å². The number of nitro groups is 1. The highest BCUT2D eigenvalue weighted by Gasteiger charge is 2.20. The molecule has 0 unspecified atom stereocenters. The molecule has 0 radical (unpaired) electrons. The minimum Gasteiger partial charge on any atom is -0.258 e. The van der Waals surface area contributed by atoms with Crippen molar-refractivity contribution < 1.29 is 4.92 Å². The average Bonchev–Trinajstić information content (AvgIpc) is 2.68. The highest BCUT2D eigenvalue weighted by Crippen LogP contribution is 2.35. The second kappa shape index (κ2) is 10.8. The van der Waals surface area contributed by atoms with Gasteiger partial charge in [0.05, 0.1) is 4.92 Å². The molecule has 1 fully saturated rings. The Hall–Kier alpha value is -1.38. The molecule has 1 aromatic rings. The number of benzene rings is 1. The van der Waals surface area contributed by atoms with Crippen LogP contribution in [0.5, 0.6) is 0 Å². The number of nitrogens with zero attached hydrogens (tertiary/aromatic N) is 1. The lowest BCUT2D eigenvalue weighted by atomic mass is 9.78. The van der Waals surface area contributed by atoms with Crippen LogP contribution in [-0.2, 0) is 12.8 Å². The molecule has 0 atom stereocenters. The highest BCUT2D eigenvalue weighted by atomic mass is 16.6. The van der Waals surface area contributed by atoms with E-state index in [4.69, 9.17) is 0 Å². The van der Waals surface area contributed by atoms with Crippen molar-refractivity contribution in [3.8, 4) is 0 Å². The van der Waals surface area contributed by atoms with E-state index in [1.165, 1.54) is 77.0 Å². The first-order valence-corrected chi connectivity index (χ1v) is 11.5. The lowest BCUT2D eigenvalue weighted by Gasteiger charge is -2.28. The largest absolute Gasteiger partial charge is 0.272 e. The molecular weight excluding hydrogens is 334 g/mol. The Bertz CT molecular complexity index is 590. The third kappa shape index (κ3) is 6.62. The quantitative estimate of drug-likeness (QED) is 0.381. The van der Waals surface area contributed by atoms with Gasteiger partial charge in [-0.05, 0) is 43.1 Å². The van der Waals surface area contributed by atoms with Crippen molar-refractivity contribution in [1.29, 1.82) is 0 Å². The number of rotatable bonds is 1. The SMILES string of the molecule is O=[N+]([O-])c1cc2ccc1CCCCCCC1CCC(CCCCCC2)CC1. The maximum atomic E-state index is 11.5. The third-order valence-electron chi connectivity index (χ3n) is 6.95. The van der Waals surface area contributed by atoms with Gasteiger partial charge in [0.15, 0.2) is 0 Å². The summed E-state index contributed by atoms with van der Waals surface area (Å²) in [7, 11) is 0. The van der Waals surface area contributed by atoms with Crippen LogP contribution in [0, 0.1) is 22.0 Å². The number of aryl methyl sites for hydroxylation is 2. The van der Waals surface area contributed by atoms with Crippen molar-refractivity contribution >= 4 is 5.69 Å². The molecule has 0 N–H and O–H groups in total. The van der Waals surface area contributed by atoms with Gasteiger partial charge in [0, 0.05) is 11.6 Å². The Morgan fingerprint density at radius 3 is 1.85 bits per heavy atom. The maximum Gasteiger partial charge on any atom is 0.272 e. The molecule has 0 heterocycles. The van der Waals surface area contributed by atoms with Gasteiger partial charge in [-0.1, -0.05) is 89.2 Å². The second-order valence-electron chi connectivity index (χ2n) is 9.01. The van der Waals surface area contributed by atoms with Crippen LogP contribution in [0.3, 0.4) is 0 Å². The van der Waals surface area contributed by atoms with Crippen LogP contribution in [-0.4, -0.2) is 4.92 Å². The molecule has 0 aromatic heterocycles. The Morgan fingerprint density at radius 1 is 0.704 bits per heavy atom. The molecule has 0 saturated heterocycles. The van der Waals surface area contributed by atoms with Crippen molar-refractivity contribution in [1.82, 2.24) is 0 Å². The summed E-state index contributed by atoms with van der Waals surface area (Å²) >= 11 is 0. The molecule has 0 spiro atoms. The molecule has 27 heavy (non-hydrogen) atoms. The molecule has 5 aliphatic rings. The number of hydrogen-bond acceptors (Lipinski definition) is 2. The number of hydrogen-bond donors (Lipinski definition) is 0. The van der Waals surface area contributed by atoms with Crippen molar-refractivity contribution in [2.75, 3.05) is 0 Å². The molecule has 4 bridgehead atoms. The fourth-order valence-corrected chi connectivity index (χ4v) is 5.17. The Morgan fingerprint density at radius 2 is 1.26 bits per heavy atom. The molecule has 0 amide bonds. The van der Waals surface area contributed by atoms with Crippen molar-refractivity contribution in [2.24, 2.45) is 11.8 Å². The molecular formula is C24H37NO2. The zero-order valence-electron chi connectivity index (χ0n) is 17.0. The molecule has 1 aromatic carbocycles. The van der Waals surface area contributed by atoms with Gasteiger partial charge in [0.1, 0.15) is 0 Å². The predicted octanol–water partition coefficient (Wildman–Crippen LogP) is 7.40. The first-order chi connectivity index (χ1) is 13.2. The van der Waals surface area contributed by atoms with Gasteiger partial charge < -0.3 is 0 Å². The molecule has 1 saturated carbocycles. The monoisotopic (exact) mass is 371 g/mol. The van der Waals surface area contributed by atoms with Crippen LogP contribution < -0.4 is 0 Å². The van der Waals surface area contributed by atoms with E-state index in [9.17, 15) is 10.1 Å². The average molecular weight is 372 g/mol. The summed E-state index contributed by atoms with van der Waals surface area (Å²) in [5.41, 5.74) is 2.41. The summed E-state index contributed by atoms with van der Waals surface area (Å²) in [5, 5.41) is 11.5. The summed E-state index contributed by atoms with van der Waals surface area (Å²) in [4.78, 5) is 11.3. The van der Waals surface area contributed by atoms with E-state index in [2.05, 4.69) is 6.07 Å². The van der Waals surface area contributed by atoms with Gasteiger partial charge in [-0.25, -0.2) is 0 Å². The summed E-state index contributed by atoms with van der Waals surface area (Å²) < 4.78 is 0. The van der Waals surface area contributed by atoms with E-state index in [-0.39, 0.29) is 4.92 Å². The molecule has 6 rings (SSSR count). The van der Waals surface area contributed by atoms with Crippen LogP contribution in [0.4, 0.5) is 5.69 Å². The van der Waals surface area contributed by atoms with Gasteiger partial charge in [-0.15, -0.1) is 0 Å². The third-order valence-corrected chi connectivity index (χ3v) is 6.95. The smallest absolute Gasteiger partial charge is 0.258 e. The van der Waals surface area contributed by atoms with Gasteiger partial charge in [0.25, 0.3) is 5.69 Å². The van der Waals surface area contributed by atoms with E-state index in [1.54, 1.807) is 0 Å². The lowest BCUT2D eigenvalue weighted by Crippen LogP contribution is -2.14. The van der Waals surface area contributed by atoms with Gasteiger partial charge in [-0.3, -0.25) is 10.1 Å². The van der Waals surface area contributed by atoms with Gasteiger partial charge in [-0.2, -0.15) is 0 Å². The molecule has 3 nitrogen and oxygen atoms in total. The lowest BCUT2D eigenvalue weighted by molar-refractivity contribution is -0.385. The van der Waals surface area contributed by atoms with Crippen molar-refractivity contribution in [3.63, 3.8) is 0 Å². The maximum absolute atomic E-state index is 11.5. The second-order valence-corrected chi connectivity index (χ2v) is 9.01. The normalized spacial score (nSPS) is 25.9. The number of nitro benzene ring substituents is 1. The van der Waals surface area contributed by atoms with E-state index in [1.807, 2.05) is 12.1 Å². The van der Waals surface area contributed by atoms with Crippen molar-refractivity contribution in [3.05, 3.63) is 39.4 Å². The zero-order valence-corrected chi connectivity index (χ0v) is 17.0. The summed E-state index contributed by atoms with van der Waals surface area (Å²) in [6.07, 6.45) is 20.5. The van der Waals surface area contributed by atoms with E-state index >= 15 is 0 Å². The molecule has 150 valence electrons. The molecule has 3 heteroatoms. The van der Waals surface area contributed by atoms with E-state index in [0.717, 1.165) is 48.6 Å². The Balaban J connectivity index is 1.59. The highest BCUT2D eigenvalue weighted by molar-refractivity contribution is 5.43. The molecule has 5 aliphatic carbocycles. The van der Waals surface area contributed by atoms with E-state index in [0.29, 0.717) is 5.69 Å². The van der Waals surface area contributed by atoms with Gasteiger partial charge in [0.2, 0.25) is 0 Å². The van der Waals surface area contributed by atoms with Crippen LogP contribution in [0.1, 0.15) is 101 Å². The topological polar surface area (TPSA) is 43.1 Å². The zero-order chi connectivity index (χ0) is 18.9. The summed E-state index contributed by atoms with van der Waals surface area (Å²) in [6, 6.07) is 5.98. The van der Waals surface area contributed by atoms with Crippen LogP contribution in [0.2, 0.25) is 0 Å².